The van der Waals surface area contributed by atoms with E-state index < -0.39 is 0 Å². The molecular formula is C22H26N4O3S2. The van der Waals surface area contributed by atoms with Crippen molar-refractivity contribution in [1.29, 1.82) is 0 Å². The van der Waals surface area contributed by atoms with Gasteiger partial charge in [0.2, 0.25) is 5.91 Å². The molecule has 1 atom stereocenters. The zero-order chi connectivity index (χ0) is 21.8. The van der Waals surface area contributed by atoms with Crippen molar-refractivity contribution in [3.05, 3.63) is 51.6 Å². The first-order valence-corrected chi connectivity index (χ1v) is 12.1. The molecule has 3 aromatic rings. The van der Waals surface area contributed by atoms with Crippen molar-refractivity contribution in [2.24, 2.45) is 0 Å². The number of para-hydroxylation sites is 1. The molecular weight excluding hydrogens is 432 g/mol. The number of amides is 1. The van der Waals surface area contributed by atoms with E-state index >= 15 is 0 Å². The Morgan fingerprint density at radius 3 is 2.84 bits per heavy atom. The number of thioether (sulfide) groups is 1. The van der Waals surface area contributed by atoms with Gasteiger partial charge in [0.05, 0.1) is 29.5 Å². The Morgan fingerprint density at radius 1 is 1.29 bits per heavy atom. The molecule has 1 unspecified atom stereocenters. The zero-order valence-corrected chi connectivity index (χ0v) is 19.3. The van der Waals surface area contributed by atoms with E-state index in [2.05, 4.69) is 10.2 Å². The molecule has 164 valence electrons. The molecule has 9 heteroatoms. The third-order valence-corrected chi connectivity index (χ3v) is 7.16. The average molecular weight is 459 g/mol. The zero-order valence-electron chi connectivity index (χ0n) is 17.7. The molecule has 0 spiro atoms. The highest BCUT2D eigenvalue weighted by Crippen LogP contribution is 2.27. The van der Waals surface area contributed by atoms with Crippen LogP contribution in [0.1, 0.15) is 12.5 Å². The van der Waals surface area contributed by atoms with E-state index in [1.165, 1.54) is 23.1 Å². The highest BCUT2D eigenvalue weighted by Gasteiger charge is 2.21. The van der Waals surface area contributed by atoms with E-state index in [1.807, 2.05) is 43.5 Å². The lowest BCUT2D eigenvalue weighted by Crippen LogP contribution is -2.42. The SMILES string of the molecule is Cc1ccccc1-n1c(SC(C)C(=O)NCCN2CCOCC2)nc2sccc2c1=O. The minimum atomic E-state index is -0.385. The minimum Gasteiger partial charge on any atom is -0.379 e. The number of rotatable bonds is 7. The smallest absolute Gasteiger partial charge is 0.267 e. The third-order valence-electron chi connectivity index (χ3n) is 5.31. The maximum absolute atomic E-state index is 13.3. The summed E-state index contributed by atoms with van der Waals surface area (Å²) in [5.41, 5.74) is 1.66. The predicted molar refractivity (Wildman–Crippen MR) is 126 cm³/mol. The number of hydrogen-bond donors (Lipinski definition) is 1. The number of nitrogens with one attached hydrogen (secondary N) is 1. The molecule has 0 aliphatic carbocycles. The van der Waals surface area contributed by atoms with Crippen molar-refractivity contribution in [2.45, 2.75) is 24.3 Å². The van der Waals surface area contributed by atoms with Gasteiger partial charge in [0.25, 0.3) is 5.56 Å². The normalized spacial score (nSPS) is 15.8. The monoisotopic (exact) mass is 458 g/mol. The highest BCUT2D eigenvalue weighted by atomic mass is 32.2. The lowest BCUT2D eigenvalue weighted by molar-refractivity contribution is -0.120. The van der Waals surface area contributed by atoms with E-state index in [9.17, 15) is 9.59 Å². The van der Waals surface area contributed by atoms with Crippen LogP contribution in [-0.4, -0.2) is 65.0 Å². The Morgan fingerprint density at radius 2 is 2.06 bits per heavy atom. The van der Waals surface area contributed by atoms with Crippen LogP contribution < -0.4 is 10.9 Å². The molecule has 1 saturated heterocycles. The molecule has 1 aromatic carbocycles. The number of morpholine rings is 1. The van der Waals surface area contributed by atoms with Crippen LogP contribution in [0, 0.1) is 6.92 Å². The molecule has 1 N–H and O–H groups in total. The first-order chi connectivity index (χ1) is 15.0. The average Bonchev–Trinajstić information content (AvgIpc) is 3.24. The van der Waals surface area contributed by atoms with Crippen LogP contribution in [0.2, 0.25) is 0 Å². The summed E-state index contributed by atoms with van der Waals surface area (Å²) in [6.45, 7) is 8.49. The molecule has 7 nitrogen and oxygen atoms in total. The number of thiophene rings is 1. The van der Waals surface area contributed by atoms with Gasteiger partial charge in [0, 0.05) is 26.2 Å². The largest absolute Gasteiger partial charge is 0.379 e. The molecule has 4 rings (SSSR count). The molecule has 31 heavy (non-hydrogen) atoms. The number of hydrogen-bond acceptors (Lipinski definition) is 7. The van der Waals surface area contributed by atoms with Gasteiger partial charge in [-0.15, -0.1) is 11.3 Å². The number of benzene rings is 1. The molecule has 0 bridgehead atoms. The van der Waals surface area contributed by atoms with Gasteiger partial charge in [0.15, 0.2) is 5.16 Å². The third kappa shape index (κ3) is 5.01. The number of ether oxygens (including phenoxy) is 1. The lowest BCUT2D eigenvalue weighted by Gasteiger charge is -2.26. The van der Waals surface area contributed by atoms with Gasteiger partial charge in [-0.25, -0.2) is 4.98 Å². The fraction of sp³-hybridized carbons (Fsp3) is 0.409. The van der Waals surface area contributed by atoms with Crippen molar-refractivity contribution in [3.8, 4) is 5.69 Å². The summed E-state index contributed by atoms with van der Waals surface area (Å²) in [6.07, 6.45) is 0. The Balaban J connectivity index is 1.53. The van der Waals surface area contributed by atoms with Gasteiger partial charge >= 0.3 is 0 Å². The second-order valence-electron chi connectivity index (χ2n) is 7.47. The van der Waals surface area contributed by atoms with Gasteiger partial charge in [0.1, 0.15) is 4.83 Å². The van der Waals surface area contributed by atoms with Gasteiger partial charge in [-0.2, -0.15) is 0 Å². The number of fused-ring (bicyclic) bond motifs is 1. The predicted octanol–water partition coefficient (Wildman–Crippen LogP) is 2.68. The minimum absolute atomic E-state index is 0.0601. The van der Waals surface area contributed by atoms with E-state index in [0.29, 0.717) is 21.9 Å². The van der Waals surface area contributed by atoms with Gasteiger partial charge < -0.3 is 10.1 Å². The Bertz CT molecular complexity index is 1120. The number of carbonyl (C=O) groups is 1. The summed E-state index contributed by atoms with van der Waals surface area (Å²) in [6, 6.07) is 9.53. The Kier molecular flexibility index (Phi) is 7.06. The summed E-state index contributed by atoms with van der Waals surface area (Å²) >= 11 is 2.75. The molecule has 3 heterocycles. The van der Waals surface area contributed by atoms with E-state index in [0.717, 1.165) is 44.1 Å². The van der Waals surface area contributed by atoms with Crippen LogP contribution in [0.3, 0.4) is 0 Å². The topological polar surface area (TPSA) is 76.5 Å². The number of aromatic nitrogens is 2. The van der Waals surface area contributed by atoms with E-state index in [1.54, 1.807) is 10.6 Å². The van der Waals surface area contributed by atoms with Crippen LogP contribution in [0.5, 0.6) is 0 Å². The van der Waals surface area contributed by atoms with Crippen LogP contribution in [0.4, 0.5) is 0 Å². The Labute approximate surface area is 189 Å². The molecule has 1 aliphatic rings. The maximum Gasteiger partial charge on any atom is 0.267 e. The second kappa shape index (κ2) is 9.95. The first-order valence-electron chi connectivity index (χ1n) is 10.4. The number of carbonyl (C=O) groups excluding carboxylic acids is 1. The first kappa shape index (κ1) is 22.0. The van der Waals surface area contributed by atoms with Gasteiger partial charge in [-0.1, -0.05) is 30.0 Å². The molecule has 1 amide bonds. The van der Waals surface area contributed by atoms with Crippen molar-refractivity contribution in [3.63, 3.8) is 0 Å². The summed E-state index contributed by atoms with van der Waals surface area (Å²) < 4.78 is 6.99. The highest BCUT2D eigenvalue weighted by molar-refractivity contribution is 8.00. The standard InChI is InChI=1S/C22H26N4O3S2/c1-15-5-3-4-6-18(15)26-21(28)17-7-14-30-20(17)24-22(26)31-16(2)19(27)23-8-9-25-10-12-29-13-11-25/h3-7,14,16H,8-13H2,1-2H3,(H,23,27). The quantitative estimate of drug-likeness (QED) is 0.433. The van der Waals surface area contributed by atoms with Gasteiger partial charge in [-0.3, -0.25) is 19.1 Å². The summed E-state index contributed by atoms with van der Waals surface area (Å²) in [5, 5.41) is 5.63. The molecule has 0 saturated carbocycles. The van der Waals surface area contributed by atoms with E-state index in [4.69, 9.17) is 9.72 Å². The van der Waals surface area contributed by atoms with Crippen LogP contribution in [-0.2, 0) is 9.53 Å². The van der Waals surface area contributed by atoms with Crippen molar-refractivity contribution >= 4 is 39.2 Å². The molecule has 0 radical (unpaired) electrons. The second-order valence-corrected chi connectivity index (χ2v) is 9.67. The van der Waals surface area contributed by atoms with Crippen molar-refractivity contribution in [1.82, 2.24) is 19.8 Å². The van der Waals surface area contributed by atoms with Crippen molar-refractivity contribution in [2.75, 3.05) is 39.4 Å². The number of nitrogens with zero attached hydrogens (tertiary/aromatic N) is 3. The molecule has 1 aliphatic heterocycles. The fourth-order valence-electron chi connectivity index (χ4n) is 3.52. The fourth-order valence-corrected chi connectivity index (χ4v) is 5.27. The summed E-state index contributed by atoms with van der Waals surface area (Å²) in [4.78, 5) is 33.7. The molecule has 1 fully saturated rings. The number of aryl methyl sites for hydroxylation is 1. The van der Waals surface area contributed by atoms with Crippen molar-refractivity contribution < 1.29 is 9.53 Å². The maximum atomic E-state index is 13.3. The van der Waals surface area contributed by atoms with Crippen LogP contribution in [0.15, 0.2) is 45.7 Å². The van der Waals surface area contributed by atoms with E-state index in [-0.39, 0.29) is 16.7 Å². The molecule has 2 aromatic heterocycles. The van der Waals surface area contributed by atoms with Gasteiger partial charge in [-0.05, 0) is 36.9 Å². The summed E-state index contributed by atoms with van der Waals surface area (Å²) in [7, 11) is 0. The van der Waals surface area contributed by atoms with Crippen LogP contribution in [0.25, 0.3) is 15.9 Å². The Hall–Kier alpha value is -2.20. The lowest BCUT2D eigenvalue weighted by atomic mass is 10.2. The summed E-state index contributed by atoms with van der Waals surface area (Å²) in [5.74, 6) is -0.0601. The van der Waals surface area contributed by atoms with Crippen LogP contribution >= 0.6 is 23.1 Å².